The zero-order valence-electron chi connectivity index (χ0n) is 11.0. The Balaban J connectivity index is 1.94. The second kappa shape index (κ2) is 5.93. The summed E-state index contributed by atoms with van der Waals surface area (Å²) in [5.41, 5.74) is 2.03. The van der Waals surface area contributed by atoms with E-state index in [4.69, 9.17) is 0 Å². The number of aromatic nitrogens is 2. The number of hydrogen-bond donors (Lipinski definition) is 2. The molecule has 0 fully saturated rings. The van der Waals surface area contributed by atoms with Crippen molar-refractivity contribution in [2.24, 2.45) is 0 Å². The maximum Gasteiger partial charge on any atom is 0.260 e. The highest BCUT2D eigenvalue weighted by molar-refractivity contribution is 9.10. The number of anilines is 2. The molecule has 2 aromatic carbocycles. The van der Waals surface area contributed by atoms with Crippen LogP contribution >= 0.6 is 15.9 Å². The molecule has 0 amide bonds. The second-order valence-electron chi connectivity index (χ2n) is 4.45. The highest BCUT2D eigenvalue weighted by atomic mass is 79.9. The van der Waals surface area contributed by atoms with Gasteiger partial charge >= 0.3 is 0 Å². The third-order valence-electron chi connectivity index (χ3n) is 3.00. The van der Waals surface area contributed by atoms with Gasteiger partial charge in [-0.05, 0) is 18.2 Å². The van der Waals surface area contributed by atoms with Gasteiger partial charge in [0.25, 0.3) is 5.56 Å². The number of nitrogens with zero attached hydrogens (tertiary/aromatic N) is 1. The van der Waals surface area contributed by atoms with Crippen LogP contribution in [0.1, 0.15) is 0 Å². The van der Waals surface area contributed by atoms with Gasteiger partial charge in [0, 0.05) is 21.9 Å². The van der Waals surface area contributed by atoms with E-state index in [2.05, 4.69) is 31.2 Å². The first-order chi connectivity index (χ1) is 10.2. The van der Waals surface area contributed by atoms with Crippen molar-refractivity contribution < 1.29 is 0 Å². The molecule has 21 heavy (non-hydrogen) atoms. The van der Waals surface area contributed by atoms with Gasteiger partial charge in [0.15, 0.2) is 0 Å². The van der Waals surface area contributed by atoms with Gasteiger partial charge in [0.2, 0.25) is 5.95 Å². The molecule has 3 rings (SSSR count). The Morgan fingerprint density at radius 2 is 1.67 bits per heavy atom. The Bertz CT molecular complexity index is 815. The SMILES string of the molecule is O=c1[nH]c(Nc2ccccc2)ncc1-c1ccccc1Br. The number of rotatable bonds is 3. The number of hydrogen-bond acceptors (Lipinski definition) is 3. The number of H-pyrrole nitrogens is 1. The van der Waals surface area contributed by atoms with E-state index in [0.29, 0.717) is 11.5 Å². The van der Waals surface area contributed by atoms with Crippen molar-refractivity contribution in [3.05, 3.63) is 75.6 Å². The van der Waals surface area contributed by atoms with Gasteiger partial charge in [-0.15, -0.1) is 0 Å². The smallest absolute Gasteiger partial charge is 0.260 e. The Morgan fingerprint density at radius 1 is 0.952 bits per heavy atom. The van der Waals surface area contributed by atoms with Crippen molar-refractivity contribution in [1.82, 2.24) is 9.97 Å². The van der Waals surface area contributed by atoms with Gasteiger partial charge in [-0.3, -0.25) is 9.78 Å². The van der Waals surface area contributed by atoms with Crippen LogP contribution < -0.4 is 10.9 Å². The lowest BCUT2D eigenvalue weighted by atomic mass is 10.1. The molecule has 0 aliphatic carbocycles. The first-order valence-corrected chi connectivity index (χ1v) is 7.19. The lowest BCUT2D eigenvalue weighted by Gasteiger charge is -2.07. The van der Waals surface area contributed by atoms with E-state index < -0.39 is 0 Å². The summed E-state index contributed by atoms with van der Waals surface area (Å²) in [7, 11) is 0. The quantitative estimate of drug-likeness (QED) is 0.758. The molecule has 5 heteroatoms. The first-order valence-electron chi connectivity index (χ1n) is 6.40. The molecule has 0 aliphatic rings. The first kappa shape index (κ1) is 13.6. The largest absolute Gasteiger partial charge is 0.326 e. The van der Waals surface area contributed by atoms with Crippen molar-refractivity contribution in [1.29, 1.82) is 0 Å². The Kier molecular flexibility index (Phi) is 3.83. The van der Waals surface area contributed by atoms with Crippen LogP contribution in [-0.4, -0.2) is 9.97 Å². The second-order valence-corrected chi connectivity index (χ2v) is 5.30. The zero-order valence-corrected chi connectivity index (χ0v) is 12.6. The van der Waals surface area contributed by atoms with Gasteiger partial charge in [-0.2, -0.15) is 0 Å². The summed E-state index contributed by atoms with van der Waals surface area (Å²) in [5.74, 6) is 0.419. The van der Waals surface area contributed by atoms with E-state index in [1.807, 2.05) is 54.6 Å². The number of aromatic amines is 1. The van der Waals surface area contributed by atoms with Gasteiger partial charge in [0.05, 0.1) is 5.56 Å². The van der Waals surface area contributed by atoms with E-state index >= 15 is 0 Å². The summed E-state index contributed by atoms with van der Waals surface area (Å²) >= 11 is 3.44. The molecule has 2 N–H and O–H groups in total. The van der Waals surface area contributed by atoms with Crippen LogP contribution in [0.2, 0.25) is 0 Å². The Labute approximate surface area is 130 Å². The fourth-order valence-corrected chi connectivity index (χ4v) is 2.49. The van der Waals surface area contributed by atoms with E-state index in [1.165, 1.54) is 0 Å². The maximum atomic E-state index is 12.2. The van der Waals surface area contributed by atoms with Crippen molar-refractivity contribution in [2.75, 3.05) is 5.32 Å². The van der Waals surface area contributed by atoms with Gasteiger partial charge < -0.3 is 5.32 Å². The fraction of sp³-hybridized carbons (Fsp3) is 0. The van der Waals surface area contributed by atoms with Crippen LogP contribution in [0.3, 0.4) is 0 Å². The molecule has 0 aliphatic heterocycles. The minimum absolute atomic E-state index is 0.185. The highest BCUT2D eigenvalue weighted by Gasteiger charge is 2.08. The maximum absolute atomic E-state index is 12.2. The number of halogens is 1. The zero-order chi connectivity index (χ0) is 14.7. The molecular formula is C16H12BrN3O. The van der Waals surface area contributed by atoms with Gasteiger partial charge in [-0.1, -0.05) is 52.3 Å². The molecule has 0 spiro atoms. The van der Waals surface area contributed by atoms with Crippen molar-refractivity contribution in [3.63, 3.8) is 0 Å². The summed E-state index contributed by atoms with van der Waals surface area (Å²) in [6.45, 7) is 0. The molecule has 0 saturated carbocycles. The molecule has 4 nitrogen and oxygen atoms in total. The van der Waals surface area contributed by atoms with Gasteiger partial charge in [0.1, 0.15) is 0 Å². The molecule has 0 saturated heterocycles. The summed E-state index contributed by atoms with van der Waals surface area (Å²) in [6, 6.07) is 17.1. The highest BCUT2D eigenvalue weighted by Crippen LogP contribution is 2.25. The molecule has 0 unspecified atom stereocenters. The van der Waals surface area contributed by atoms with E-state index in [9.17, 15) is 4.79 Å². The van der Waals surface area contributed by atoms with E-state index in [0.717, 1.165) is 15.7 Å². The monoisotopic (exact) mass is 341 g/mol. The number of benzene rings is 2. The molecule has 0 atom stereocenters. The van der Waals surface area contributed by atoms with Crippen molar-refractivity contribution in [2.45, 2.75) is 0 Å². The Hall–Kier alpha value is -2.40. The van der Waals surface area contributed by atoms with E-state index in [1.54, 1.807) is 6.20 Å². The van der Waals surface area contributed by atoms with Crippen LogP contribution in [0.15, 0.2) is 70.1 Å². The standard InChI is InChI=1S/C16H12BrN3O/c17-14-9-5-4-8-12(14)13-10-18-16(20-15(13)21)19-11-6-2-1-3-7-11/h1-10H,(H2,18,19,20,21). The van der Waals surface area contributed by atoms with Crippen LogP contribution in [0.25, 0.3) is 11.1 Å². The Morgan fingerprint density at radius 3 is 2.38 bits per heavy atom. The average Bonchev–Trinajstić information content (AvgIpc) is 2.50. The fourth-order valence-electron chi connectivity index (χ4n) is 1.99. The van der Waals surface area contributed by atoms with Crippen molar-refractivity contribution in [3.8, 4) is 11.1 Å². The number of para-hydroxylation sites is 1. The third-order valence-corrected chi connectivity index (χ3v) is 3.69. The summed E-state index contributed by atoms with van der Waals surface area (Å²) in [6.07, 6.45) is 1.57. The molecule has 1 heterocycles. The third kappa shape index (κ3) is 3.03. The predicted octanol–water partition coefficient (Wildman–Crippen LogP) is 3.94. The topological polar surface area (TPSA) is 57.8 Å². The van der Waals surface area contributed by atoms with Gasteiger partial charge in [-0.25, -0.2) is 4.98 Å². The molecule has 3 aromatic rings. The van der Waals surface area contributed by atoms with Crippen molar-refractivity contribution >= 4 is 27.6 Å². The van der Waals surface area contributed by atoms with Crippen LogP contribution in [0, 0.1) is 0 Å². The minimum Gasteiger partial charge on any atom is -0.326 e. The average molecular weight is 342 g/mol. The summed E-state index contributed by atoms with van der Waals surface area (Å²) in [5, 5.41) is 3.06. The normalized spacial score (nSPS) is 10.3. The lowest BCUT2D eigenvalue weighted by Crippen LogP contribution is -2.12. The van der Waals surface area contributed by atoms with Crippen LogP contribution in [0.4, 0.5) is 11.6 Å². The predicted molar refractivity (Wildman–Crippen MR) is 87.7 cm³/mol. The molecule has 0 radical (unpaired) electrons. The molecule has 0 bridgehead atoms. The minimum atomic E-state index is -0.185. The lowest BCUT2D eigenvalue weighted by molar-refractivity contribution is 1.12. The summed E-state index contributed by atoms with van der Waals surface area (Å²) < 4.78 is 0.862. The molecular weight excluding hydrogens is 330 g/mol. The number of nitrogens with one attached hydrogen (secondary N) is 2. The molecule has 104 valence electrons. The molecule has 1 aromatic heterocycles. The van der Waals surface area contributed by atoms with Crippen LogP contribution in [0.5, 0.6) is 0 Å². The van der Waals surface area contributed by atoms with Crippen LogP contribution in [-0.2, 0) is 0 Å². The summed E-state index contributed by atoms with van der Waals surface area (Å²) in [4.78, 5) is 19.2. The van der Waals surface area contributed by atoms with E-state index in [-0.39, 0.29) is 5.56 Å².